The summed E-state index contributed by atoms with van der Waals surface area (Å²) in [6, 6.07) is 32.6. The van der Waals surface area contributed by atoms with Gasteiger partial charge in [-0.1, -0.05) is 80.9 Å². The van der Waals surface area contributed by atoms with Gasteiger partial charge in [0.2, 0.25) is 0 Å². The fraction of sp³-hybridized carbons (Fsp3) is 0.167. The van der Waals surface area contributed by atoms with Crippen molar-refractivity contribution in [2.24, 2.45) is 0 Å². The van der Waals surface area contributed by atoms with Crippen molar-refractivity contribution in [2.45, 2.75) is 40.0 Å². The second-order valence-corrected chi connectivity index (χ2v) is 12.8. The van der Waals surface area contributed by atoms with Gasteiger partial charge in [-0.15, -0.1) is 0 Å². The molecule has 0 atom stereocenters. The van der Waals surface area contributed by atoms with E-state index in [1.54, 1.807) is 0 Å². The third-order valence-corrected chi connectivity index (χ3v) is 9.36. The van der Waals surface area contributed by atoms with E-state index in [2.05, 4.69) is 129 Å². The average Bonchev–Trinajstić information content (AvgIpc) is 3.43. The van der Waals surface area contributed by atoms with Crippen LogP contribution < -0.4 is 10.9 Å². The first-order valence-electron chi connectivity index (χ1n) is 14.1. The summed E-state index contributed by atoms with van der Waals surface area (Å²) in [5, 5.41) is 5.43. The van der Waals surface area contributed by atoms with Crippen LogP contribution in [0.5, 0.6) is 0 Å². The molecular weight excluding hydrogens is 471 g/mol. The topological polar surface area (TPSA) is 9.86 Å². The lowest BCUT2D eigenvalue weighted by atomic mass is 9.45. The molecule has 2 nitrogen and oxygen atoms in total. The fourth-order valence-electron chi connectivity index (χ4n) is 7.80. The summed E-state index contributed by atoms with van der Waals surface area (Å²) in [4.78, 5) is 0. The lowest BCUT2D eigenvalue weighted by Gasteiger charge is -2.34. The molecule has 0 unspecified atom stereocenters. The number of nitrogens with zero attached hydrogens (tertiary/aromatic N) is 2. The normalized spacial score (nSPS) is 13.7. The largest absolute Gasteiger partial charge is 0.375 e. The summed E-state index contributed by atoms with van der Waals surface area (Å²) in [6.45, 7) is 11.6. The van der Waals surface area contributed by atoms with Crippen LogP contribution >= 0.6 is 0 Å². The van der Waals surface area contributed by atoms with Crippen LogP contribution in [0, 0.1) is 13.8 Å². The number of aromatic nitrogens is 2. The molecule has 2 aliphatic heterocycles. The molecule has 0 aliphatic carbocycles. The maximum absolute atomic E-state index is 2.66. The van der Waals surface area contributed by atoms with Gasteiger partial charge in [0.25, 0.3) is 0 Å². The van der Waals surface area contributed by atoms with E-state index < -0.39 is 0 Å². The highest BCUT2D eigenvalue weighted by molar-refractivity contribution is 6.90. The highest BCUT2D eigenvalue weighted by Crippen LogP contribution is 2.45. The van der Waals surface area contributed by atoms with E-state index in [1.807, 2.05) is 0 Å². The molecule has 186 valence electrons. The van der Waals surface area contributed by atoms with Crippen LogP contribution in [0.3, 0.4) is 0 Å². The minimum absolute atomic E-state index is 0.0595. The Morgan fingerprint density at radius 3 is 2.26 bits per heavy atom. The van der Waals surface area contributed by atoms with E-state index in [0.717, 1.165) is 0 Å². The Morgan fingerprint density at radius 1 is 0.641 bits per heavy atom. The molecule has 0 radical (unpaired) electrons. The Hall–Kier alpha value is -4.24. The third-order valence-electron chi connectivity index (χ3n) is 9.36. The van der Waals surface area contributed by atoms with Crippen LogP contribution in [-0.4, -0.2) is 15.9 Å². The molecule has 4 heterocycles. The van der Waals surface area contributed by atoms with Gasteiger partial charge >= 0.3 is 6.85 Å². The first kappa shape index (κ1) is 21.7. The van der Waals surface area contributed by atoms with Gasteiger partial charge in [-0.3, -0.25) is 0 Å². The average molecular weight is 500 g/mol. The Kier molecular flexibility index (Phi) is 3.80. The molecular formula is C36H29BN2. The van der Waals surface area contributed by atoms with Gasteiger partial charge in [-0.25, -0.2) is 0 Å². The second-order valence-electron chi connectivity index (χ2n) is 12.8. The number of benzene rings is 5. The van der Waals surface area contributed by atoms with Crippen LogP contribution in [0.1, 0.15) is 37.5 Å². The monoisotopic (exact) mass is 500 g/mol. The molecule has 2 aromatic heterocycles. The van der Waals surface area contributed by atoms with Crippen molar-refractivity contribution in [3.63, 3.8) is 0 Å². The van der Waals surface area contributed by atoms with Crippen molar-refractivity contribution in [1.29, 1.82) is 0 Å². The maximum Gasteiger partial charge on any atom is 0.333 e. The summed E-state index contributed by atoms with van der Waals surface area (Å²) < 4.78 is 5.23. The van der Waals surface area contributed by atoms with E-state index in [1.165, 1.54) is 88.0 Å². The SMILES string of the molecule is Cc1cc(C)c2c(c1)c1cccc3c1n2-c1cccc2c1B3n1c3ccccc3c3cc(C(C)(C)C)cc-2c31. The number of rotatable bonds is 0. The van der Waals surface area contributed by atoms with E-state index in [4.69, 9.17) is 0 Å². The van der Waals surface area contributed by atoms with Gasteiger partial charge in [0.05, 0.1) is 11.0 Å². The predicted octanol–water partition coefficient (Wildman–Crippen LogP) is 7.75. The minimum atomic E-state index is 0.0595. The Labute approximate surface area is 228 Å². The zero-order valence-corrected chi connectivity index (χ0v) is 23.1. The standard InChI is InChI=1S/C36H29BN2/c1-20-16-21(2)33-26(17-20)25-12-8-13-29-35(25)38(33)31-15-9-11-24-28-19-22(36(3,4)5)18-27-23-10-6-7-14-30(23)39(34(27)28)37(29)32(24)31/h6-19H,1-5H3. The molecule has 7 aromatic rings. The number of aryl methyl sites for hydroxylation is 2. The summed E-state index contributed by atoms with van der Waals surface area (Å²) in [6.07, 6.45) is 0. The van der Waals surface area contributed by atoms with Crippen LogP contribution in [0.2, 0.25) is 0 Å². The van der Waals surface area contributed by atoms with Crippen LogP contribution in [0.4, 0.5) is 0 Å². The third kappa shape index (κ3) is 2.50. The van der Waals surface area contributed by atoms with Gasteiger partial charge in [-0.05, 0) is 77.2 Å². The van der Waals surface area contributed by atoms with E-state index in [9.17, 15) is 0 Å². The summed E-state index contributed by atoms with van der Waals surface area (Å²) in [5.74, 6) is 0. The molecule has 39 heavy (non-hydrogen) atoms. The van der Waals surface area contributed by atoms with Crippen LogP contribution in [0.15, 0.2) is 84.9 Å². The number of hydrogen-bond donors (Lipinski definition) is 0. The Balaban J connectivity index is 1.55. The summed E-state index contributed by atoms with van der Waals surface area (Å²) in [5.41, 5.74) is 16.4. The Morgan fingerprint density at radius 2 is 1.41 bits per heavy atom. The van der Waals surface area contributed by atoms with Crippen molar-refractivity contribution in [3.8, 4) is 16.8 Å². The fourth-order valence-corrected chi connectivity index (χ4v) is 7.80. The van der Waals surface area contributed by atoms with Crippen molar-refractivity contribution in [2.75, 3.05) is 0 Å². The quantitative estimate of drug-likeness (QED) is 0.188. The van der Waals surface area contributed by atoms with Gasteiger partial charge in [0.15, 0.2) is 0 Å². The molecule has 2 aliphatic rings. The van der Waals surface area contributed by atoms with Crippen LogP contribution in [0.25, 0.3) is 60.4 Å². The first-order chi connectivity index (χ1) is 18.8. The molecule has 9 rings (SSSR count). The molecule has 3 heteroatoms. The number of para-hydroxylation sites is 2. The maximum atomic E-state index is 2.66. The smallest absolute Gasteiger partial charge is 0.333 e. The zero-order chi connectivity index (χ0) is 26.4. The Bertz CT molecular complexity index is 2240. The second kappa shape index (κ2) is 6.85. The van der Waals surface area contributed by atoms with E-state index in [-0.39, 0.29) is 12.3 Å². The highest BCUT2D eigenvalue weighted by Gasteiger charge is 2.41. The highest BCUT2D eigenvalue weighted by atomic mass is 15.0. The van der Waals surface area contributed by atoms with E-state index >= 15 is 0 Å². The molecule has 0 bridgehead atoms. The predicted molar refractivity (Wildman–Crippen MR) is 168 cm³/mol. The van der Waals surface area contributed by atoms with Crippen molar-refractivity contribution >= 4 is 61.4 Å². The summed E-state index contributed by atoms with van der Waals surface area (Å²) >= 11 is 0. The first-order valence-corrected chi connectivity index (χ1v) is 14.1. The molecule has 0 amide bonds. The molecule has 0 spiro atoms. The molecule has 0 saturated carbocycles. The van der Waals surface area contributed by atoms with Crippen molar-refractivity contribution in [3.05, 3.63) is 102 Å². The number of hydrogen-bond acceptors (Lipinski definition) is 0. The van der Waals surface area contributed by atoms with Crippen molar-refractivity contribution in [1.82, 2.24) is 9.05 Å². The van der Waals surface area contributed by atoms with Gasteiger partial charge < -0.3 is 9.05 Å². The van der Waals surface area contributed by atoms with Crippen LogP contribution in [-0.2, 0) is 5.41 Å². The molecule has 0 fully saturated rings. The van der Waals surface area contributed by atoms with Gasteiger partial charge in [0, 0.05) is 43.8 Å². The molecule has 0 saturated heterocycles. The van der Waals surface area contributed by atoms with Gasteiger partial charge in [-0.2, -0.15) is 0 Å². The summed E-state index contributed by atoms with van der Waals surface area (Å²) in [7, 11) is 0. The number of fused-ring (bicyclic) bond motifs is 10. The molecule has 5 aromatic carbocycles. The van der Waals surface area contributed by atoms with E-state index in [0.29, 0.717) is 0 Å². The van der Waals surface area contributed by atoms with Crippen molar-refractivity contribution < 1.29 is 0 Å². The lowest BCUT2D eigenvalue weighted by Crippen LogP contribution is -2.55. The lowest BCUT2D eigenvalue weighted by molar-refractivity contribution is 0.591. The minimum Gasteiger partial charge on any atom is -0.375 e. The zero-order valence-electron chi connectivity index (χ0n) is 23.1. The molecule has 0 N–H and O–H groups in total. The van der Waals surface area contributed by atoms with Gasteiger partial charge in [0.1, 0.15) is 0 Å².